The van der Waals surface area contributed by atoms with Gasteiger partial charge in [0, 0.05) is 6.54 Å². The van der Waals surface area contributed by atoms with Crippen LogP contribution in [0.3, 0.4) is 0 Å². The first-order valence-corrected chi connectivity index (χ1v) is 5.72. The van der Waals surface area contributed by atoms with E-state index in [9.17, 15) is 0 Å². The van der Waals surface area contributed by atoms with Gasteiger partial charge >= 0.3 is 0 Å². The van der Waals surface area contributed by atoms with Gasteiger partial charge in [0.1, 0.15) is 5.82 Å². The molecule has 15 heavy (non-hydrogen) atoms. The van der Waals surface area contributed by atoms with E-state index < -0.39 is 0 Å². The molecule has 4 heteroatoms. The summed E-state index contributed by atoms with van der Waals surface area (Å²) in [6, 6.07) is 0. The fourth-order valence-corrected chi connectivity index (χ4v) is 1.93. The van der Waals surface area contributed by atoms with Gasteiger partial charge in [-0.15, -0.1) is 10.2 Å². The number of nitrogens with two attached hydrogens (primary N) is 1. The molecule has 1 rings (SSSR count). The first-order chi connectivity index (χ1) is 7.03. The van der Waals surface area contributed by atoms with E-state index in [1.54, 1.807) is 0 Å². The van der Waals surface area contributed by atoms with Crippen LogP contribution in [0, 0.1) is 6.92 Å². The second kappa shape index (κ2) is 4.75. The lowest BCUT2D eigenvalue weighted by molar-refractivity contribution is 0.395. The van der Waals surface area contributed by atoms with Crippen LogP contribution in [-0.2, 0) is 12.1 Å². The Bertz CT molecular complexity index is 314. The summed E-state index contributed by atoms with van der Waals surface area (Å²) in [5.41, 5.74) is 5.91. The van der Waals surface area contributed by atoms with E-state index in [1.165, 1.54) is 0 Å². The van der Waals surface area contributed by atoms with Crippen LogP contribution in [-0.4, -0.2) is 14.8 Å². The van der Waals surface area contributed by atoms with Crippen molar-refractivity contribution in [2.45, 2.75) is 59.0 Å². The summed E-state index contributed by atoms with van der Waals surface area (Å²) in [5.74, 6) is 1.88. The smallest absolute Gasteiger partial charge is 0.152 e. The zero-order valence-electron chi connectivity index (χ0n) is 10.2. The van der Waals surface area contributed by atoms with Crippen molar-refractivity contribution in [1.29, 1.82) is 0 Å². The van der Waals surface area contributed by atoms with Gasteiger partial charge in [-0.05, 0) is 26.7 Å². The Labute approximate surface area is 91.9 Å². The summed E-state index contributed by atoms with van der Waals surface area (Å²) in [7, 11) is 0. The molecule has 1 aromatic rings. The SMILES string of the molecule is CCCn1c(C)nnc1C(C)(N)CCC. The van der Waals surface area contributed by atoms with E-state index in [4.69, 9.17) is 5.73 Å². The molecular weight excluding hydrogens is 188 g/mol. The highest BCUT2D eigenvalue weighted by molar-refractivity contribution is 5.06. The molecule has 0 aliphatic carbocycles. The van der Waals surface area contributed by atoms with Crippen molar-refractivity contribution in [3.8, 4) is 0 Å². The first-order valence-electron chi connectivity index (χ1n) is 5.72. The van der Waals surface area contributed by atoms with Crippen LogP contribution in [0.5, 0.6) is 0 Å². The summed E-state index contributed by atoms with van der Waals surface area (Å²) in [5, 5.41) is 8.33. The third-order valence-corrected chi connectivity index (χ3v) is 2.66. The maximum atomic E-state index is 6.27. The van der Waals surface area contributed by atoms with Crippen molar-refractivity contribution < 1.29 is 0 Å². The highest BCUT2D eigenvalue weighted by atomic mass is 15.3. The van der Waals surface area contributed by atoms with Gasteiger partial charge < -0.3 is 10.3 Å². The van der Waals surface area contributed by atoms with E-state index in [0.29, 0.717) is 0 Å². The Balaban J connectivity index is 3.02. The molecule has 0 aliphatic rings. The Morgan fingerprint density at radius 2 is 1.93 bits per heavy atom. The minimum absolute atomic E-state index is 0.356. The fourth-order valence-electron chi connectivity index (χ4n) is 1.93. The predicted octanol–water partition coefficient (Wildman–Crippen LogP) is 1.97. The fraction of sp³-hybridized carbons (Fsp3) is 0.818. The number of aryl methyl sites for hydroxylation is 1. The van der Waals surface area contributed by atoms with Gasteiger partial charge in [-0.25, -0.2) is 0 Å². The van der Waals surface area contributed by atoms with Gasteiger partial charge in [0.2, 0.25) is 0 Å². The standard InChI is InChI=1S/C11H22N4/c1-5-7-11(4,12)10-14-13-9(3)15(10)8-6-2/h5-8,12H2,1-4H3. The molecular formula is C11H22N4. The van der Waals surface area contributed by atoms with Gasteiger partial charge in [-0.3, -0.25) is 0 Å². The van der Waals surface area contributed by atoms with Crippen molar-refractivity contribution in [1.82, 2.24) is 14.8 Å². The molecule has 1 atom stereocenters. The number of nitrogens with zero attached hydrogens (tertiary/aromatic N) is 3. The molecule has 0 fully saturated rings. The number of hydrogen-bond acceptors (Lipinski definition) is 3. The molecule has 0 amide bonds. The van der Waals surface area contributed by atoms with Crippen molar-refractivity contribution >= 4 is 0 Å². The summed E-state index contributed by atoms with van der Waals surface area (Å²) in [4.78, 5) is 0. The van der Waals surface area contributed by atoms with E-state index in [-0.39, 0.29) is 5.54 Å². The maximum absolute atomic E-state index is 6.27. The average Bonchev–Trinajstić information content (AvgIpc) is 2.49. The summed E-state index contributed by atoms with van der Waals surface area (Å²) in [6.07, 6.45) is 3.08. The molecule has 1 aromatic heterocycles. The molecule has 0 aliphatic heterocycles. The minimum atomic E-state index is -0.356. The largest absolute Gasteiger partial charge is 0.319 e. The summed E-state index contributed by atoms with van der Waals surface area (Å²) in [6.45, 7) is 9.25. The highest BCUT2D eigenvalue weighted by Gasteiger charge is 2.27. The van der Waals surface area contributed by atoms with Gasteiger partial charge in [0.05, 0.1) is 5.54 Å². The second-order valence-electron chi connectivity index (χ2n) is 4.39. The molecule has 0 bridgehead atoms. The Morgan fingerprint density at radius 1 is 1.27 bits per heavy atom. The van der Waals surface area contributed by atoms with Gasteiger partial charge in [0.15, 0.2) is 5.82 Å². The third-order valence-electron chi connectivity index (χ3n) is 2.66. The lowest BCUT2D eigenvalue weighted by Gasteiger charge is -2.23. The third kappa shape index (κ3) is 2.56. The first kappa shape index (κ1) is 12.2. The highest BCUT2D eigenvalue weighted by Crippen LogP contribution is 2.22. The van der Waals surface area contributed by atoms with Crippen molar-refractivity contribution in [2.24, 2.45) is 5.73 Å². The molecule has 0 radical (unpaired) electrons. The monoisotopic (exact) mass is 210 g/mol. The molecule has 0 aromatic carbocycles. The lowest BCUT2D eigenvalue weighted by Crippen LogP contribution is -2.36. The Kier molecular flexibility index (Phi) is 3.85. The second-order valence-corrected chi connectivity index (χ2v) is 4.39. The zero-order chi connectivity index (χ0) is 11.5. The zero-order valence-corrected chi connectivity index (χ0v) is 10.2. The molecule has 0 spiro atoms. The quantitative estimate of drug-likeness (QED) is 0.808. The van der Waals surface area contributed by atoms with E-state index in [0.717, 1.165) is 37.5 Å². The van der Waals surface area contributed by atoms with Gasteiger partial charge in [-0.1, -0.05) is 20.3 Å². The van der Waals surface area contributed by atoms with Crippen molar-refractivity contribution in [2.75, 3.05) is 0 Å². The summed E-state index contributed by atoms with van der Waals surface area (Å²) < 4.78 is 2.13. The molecule has 4 nitrogen and oxygen atoms in total. The van der Waals surface area contributed by atoms with Crippen LogP contribution >= 0.6 is 0 Å². The normalized spacial score (nSPS) is 15.3. The van der Waals surface area contributed by atoms with Gasteiger partial charge in [-0.2, -0.15) is 0 Å². The Hall–Kier alpha value is -0.900. The number of hydrogen-bond donors (Lipinski definition) is 1. The molecule has 86 valence electrons. The van der Waals surface area contributed by atoms with Crippen LogP contribution in [0.15, 0.2) is 0 Å². The molecule has 2 N–H and O–H groups in total. The van der Waals surface area contributed by atoms with Crippen molar-refractivity contribution in [3.63, 3.8) is 0 Å². The van der Waals surface area contributed by atoms with Crippen LogP contribution in [0.4, 0.5) is 0 Å². The number of rotatable bonds is 5. The van der Waals surface area contributed by atoms with E-state index in [2.05, 4.69) is 28.6 Å². The summed E-state index contributed by atoms with van der Waals surface area (Å²) >= 11 is 0. The van der Waals surface area contributed by atoms with Crippen LogP contribution in [0.25, 0.3) is 0 Å². The van der Waals surface area contributed by atoms with Gasteiger partial charge in [0.25, 0.3) is 0 Å². The molecule has 1 unspecified atom stereocenters. The number of aromatic nitrogens is 3. The predicted molar refractivity (Wildman–Crippen MR) is 61.5 cm³/mol. The average molecular weight is 210 g/mol. The molecule has 0 saturated carbocycles. The van der Waals surface area contributed by atoms with E-state index >= 15 is 0 Å². The Morgan fingerprint density at radius 3 is 2.47 bits per heavy atom. The molecule has 0 saturated heterocycles. The van der Waals surface area contributed by atoms with Crippen LogP contribution < -0.4 is 5.73 Å². The van der Waals surface area contributed by atoms with Crippen molar-refractivity contribution in [3.05, 3.63) is 11.6 Å². The maximum Gasteiger partial charge on any atom is 0.152 e. The molecule has 1 heterocycles. The topological polar surface area (TPSA) is 56.7 Å². The minimum Gasteiger partial charge on any atom is -0.319 e. The van der Waals surface area contributed by atoms with E-state index in [1.807, 2.05) is 13.8 Å². The lowest BCUT2D eigenvalue weighted by atomic mass is 9.96. The van der Waals surface area contributed by atoms with Crippen LogP contribution in [0.2, 0.25) is 0 Å². The van der Waals surface area contributed by atoms with Crippen LogP contribution in [0.1, 0.15) is 51.7 Å².